The molecule has 0 radical (unpaired) electrons. The van der Waals surface area contributed by atoms with Crippen molar-refractivity contribution < 1.29 is 4.79 Å². The third-order valence-corrected chi connectivity index (χ3v) is 4.17. The van der Waals surface area contributed by atoms with Crippen LogP contribution in [-0.2, 0) is 6.54 Å². The summed E-state index contributed by atoms with van der Waals surface area (Å²) in [5.41, 5.74) is 2.20. The summed E-state index contributed by atoms with van der Waals surface area (Å²) < 4.78 is 0.537. The van der Waals surface area contributed by atoms with Crippen LogP contribution in [0.2, 0.25) is 4.47 Å². The highest BCUT2D eigenvalue weighted by molar-refractivity contribution is 7.15. The van der Waals surface area contributed by atoms with Crippen LogP contribution in [0.25, 0.3) is 0 Å². The molecular weight excluding hydrogens is 332 g/mol. The largest absolute Gasteiger partial charge is 0.380 e. The Labute approximate surface area is 142 Å². The predicted molar refractivity (Wildman–Crippen MR) is 93.1 cm³/mol. The van der Waals surface area contributed by atoms with Crippen LogP contribution in [0.5, 0.6) is 0 Å². The Morgan fingerprint density at radius 3 is 2.57 bits per heavy atom. The molecule has 23 heavy (non-hydrogen) atoms. The van der Waals surface area contributed by atoms with Crippen LogP contribution in [0, 0.1) is 0 Å². The summed E-state index contributed by atoms with van der Waals surface area (Å²) in [6.45, 7) is 0.659. The molecule has 0 atom stereocenters. The van der Waals surface area contributed by atoms with Gasteiger partial charge in [-0.2, -0.15) is 0 Å². The standard InChI is InChI=1S/C16H13ClN4OS/c17-16-20-10-14(23-16)9-19-12-3-5-13(6-4-12)21-15(22)11-2-1-7-18-8-11/h1-8,10,19H,9H2,(H,21,22). The molecule has 7 heteroatoms. The fourth-order valence-electron chi connectivity index (χ4n) is 1.93. The Balaban J connectivity index is 1.57. The summed E-state index contributed by atoms with van der Waals surface area (Å²) in [5.74, 6) is -0.182. The van der Waals surface area contributed by atoms with E-state index in [-0.39, 0.29) is 5.91 Å². The molecule has 116 valence electrons. The van der Waals surface area contributed by atoms with Gasteiger partial charge in [-0.05, 0) is 36.4 Å². The Bertz CT molecular complexity index is 789. The van der Waals surface area contributed by atoms with Crippen LogP contribution < -0.4 is 10.6 Å². The van der Waals surface area contributed by atoms with Gasteiger partial charge in [0.2, 0.25) is 0 Å². The first-order valence-electron chi connectivity index (χ1n) is 6.86. The molecule has 2 heterocycles. The molecular formula is C16H13ClN4OS. The van der Waals surface area contributed by atoms with E-state index in [1.165, 1.54) is 17.5 Å². The average Bonchev–Trinajstić information content (AvgIpc) is 3.00. The van der Waals surface area contributed by atoms with E-state index in [0.29, 0.717) is 16.6 Å². The van der Waals surface area contributed by atoms with Gasteiger partial charge >= 0.3 is 0 Å². The molecule has 5 nitrogen and oxygen atoms in total. The van der Waals surface area contributed by atoms with Gasteiger partial charge in [0.1, 0.15) is 0 Å². The van der Waals surface area contributed by atoms with Crippen molar-refractivity contribution >= 4 is 40.2 Å². The lowest BCUT2D eigenvalue weighted by atomic mass is 10.2. The minimum atomic E-state index is -0.182. The molecule has 3 aromatic rings. The van der Waals surface area contributed by atoms with E-state index in [9.17, 15) is 4.79 Å². The van der Waals surface area contributed by atoms with Gasteiger partial charge in [0, 0.05) is 34.8 Å². The van der Waals surface area contributed by atoms with E-state index in [0.717, 1.165) is 16.3 Å². The van der Waals surface area contributed by atoms with Gasteiger partial charge in [-0.15, -0.1) is 11.3 Å². The number of halogens is 1. The van der Waals surface area contributed by atoms with Gasteiger partial charge in [-0.1, -0.05) is 11.6 Å². The van der Waals surface area contributed by atoms with Crippen molar-refractivity contribution in [3.8, 4) is 0 Å². The number of carbonyl (C=O) groups excluding carboxylic acids is 1. The van der Waals surface area contributed by atoms with Crippen LogP contribution in [0.4, 0.5) is 11.4 Å². The first-order valence-corrected chi connectivity index (χ1v) is 8.06. The lowest BCUT2D eigenvalue weighted by Crippen LogP contribution is -2.11. The van der Waals surface area contributed by atoms with Crippen LogP contribution in [0.3, 0.4) is 0 Å². The number of nitrogens with zero attached hydrogens (tertiary/aromatic N) is 2. The Morgan fingerprint density at radius 2 is 1.91 bits per heavy atom. The van der Waals surface area contributed by atoms with E-state index in [2.05, 4.69) is 20.6 Å². The molecule has 0 bridgehead atoms. The van der Waals surface area contributed by atoms with Gasteiger partial charge < -0.3 is 10.6 Å². The van der Waals surface area contributed by atoms with Gasteiger partial charge in [-0.25, -0.2) is 4.98 Å². The fraction of sp³-hybridized carbons (Fsp3) is 0.0625. The SMILES string of the molecule is O=C(Nc1ccc(NCc2cnc(Cl)s2)cc1)c1cccnc1. The van der Waals surface area contributed by atoms with E-state index in [1.807, 2.05) is 24.3 Å². The van der Waals surface area contributed by atoms with E-state index < -0.39 is 0 Å². The van der Waals surface area contributed by atoms with Gasteiger partial charge in [0.25, 0.3) is 5.91 Å². The fourth-order valence-corrected chi connectivity index (χ4v) is 2.84. The van der Waals surface area contributed by atoms with E-state index in [1.54, 1.807) is 24.5 Å². The first kappa shape index (κ1) is 15.5. The van der Waals surface area contributed by atoms with Crippen LogP contribution in [0.15, 0.2) is 55.0 Å². The number of rotatable bonds is 5. The number of pyridine rings is 1. The molecule has 0 aliphatic carbocycles. The molecule has 0 spiro atoms. The summed E-state index contributed by atoms with van der Waals surface area (Å²) in [7, 11) is 0. The minimum absolute atomic E-state index is 0.182. The quantitative estimate of drug-likeness (QED) is 0.732. The van der Waals surface area contributed by atoms with Crippen molar-refractivity contribution in [1.82, 2.24) is 9.97 Å². The van der Waals surface area contributed by atoms with Gasteiger partial charge in [-0.3, -0.25) is 9.78 Å². The molecule has 1 amide bonds. The summed E-state index contributed by atoms with van der Waals surface area (Å²) in [6, 6.07) is 10.9. The number of hydrogen-bond donors (Lipinski definition) is 2. The molecule has 0 fully saturated rings. The van der Waals surface area contributed by atoms with E-state index >= 15 is 0 Å². The summed E-state index contributed by atoms with van der Waals surface area (Å²) >= 11 is 7.24. The molecule has 2 N–H and O–H groups in total. The van der Waals surface area contributed by atoms with E-state index in [4.69, 9.17) is 11.6 Å². The van der Waals surface area contributed by atoms with Crippen molar-refractivity contribution in [2.45, 2.75) is 6.54 Å². The summed E-state index contributed by atoms with van der Waals surface area (Å²) in [5, 5.41) is 6.11. The number of hydrogen-bond acceptors (Lipinski definition) is 5. The first-order chi connectivity index (χ1) is 11.2. The summed E-state index contributed by atoms with van der Waals surface area (Å²) in [4.78, 5) is 21.0. The highest BCUT2D eigenvalue weighted by atomic mass is 35.5. The monoisotopic (exact) mass is 344 g/mol. The topological polar surface area (TPSA) is 66.9 Å². The zero-order valence-corrected chi connectivity index (χ0v) is 13.6. The zero-order valence-electron chi connectivity index (χ0n) is 12.0. The maximum atomic E-state index is 12.0. The van der Waals surface area contributed by atoms with Gasteiger partial charge in [0.05, 0.1) is 12.1 Å². The van der Waals surface area contributed by atoms with Crippen molar-refractivity contribution in [3.63, 3.8) is 0 Å². The van der Waals surface area contributed by atoms with Gasteiger partial charge in [0.15, 0.2) is 4.47 Å². The number of carbonyl (C=O) groups is 1. The number of nitrogens with one attached hydrogen (secondary N) is 2. The third-order valence-electron chi connectivity index (χ3n) is 3.06. The predicted octanol–water partition coefficient (Wildman–Crippen LogP) is 4.06. The number of anilines is 2. The van der Waals surface area contributed by atoms with Crippen LogP contribution in [0.1, 0.15) is 15.2 Å². The van der Waals surface area contributed by atoms with Crippen molar-refractivity contribution in [1.29, 1.82) is 0 Å². The normalized spacial score (nSPS) is 10.3. The minimum Gasteiger partial charge on any atom is -0.380 e. The smallest absolute Gasteiger partial charge is 0.257 e. The lowest BCUT2D eigenvalue weighted by Gasteiger charge is -2.08. The molecule has 1 aromatic carbocycles. The number of aromatic nitrogens is 2. The molecule has 3 rings (SSSR count). The lowest BCUT2D eigenvalue weighted by molar-refractivity contribution is 0.102. The van der Waals surface area contributed by atoms with Crippen LogP contribution in [-0.4, -0.2) is 15.9 Å². The second kappa shape index (κ2) is 7.21. The van der Waals surface area contributed by atoms with Crippen LogP contribution >= 0.6 is 22.9 Å². The van der Waals surface area contributed by atoms with Crippen molar-refractivity contribution in [2.75, 3.05) is 10.6 Å². The third kappa shape index (κ3) is 4.28. The number of benzene rings is 1. The molecule has 0 unspecified atom stereocenters. The molecule has 2 aromatic heterocycles. The molecule has 0 saturated carbocycles. The number of amides is 1. The highest BCUT2D eigenvalue weighted by Crippen LogP contribution is 2.20. The average molecular weight is 345 g/mol. The zero-order chi connectivity index (χ0) is 16.1. The van der Waals surface area contributed by atoms with Crippen molar-refractivity contribution in [3.05, 3.63) is 69.9 Å². The second-order valence-electron chi connectivity index (χ2n) is 4.71. The Kier molecular flexibility index (Phi) is 4.85. The highest BCUT2D eigenvalue weighted by Gasteiger charge is 2.05. The Morgan fingerprint density at radius 1 is 1.13 bits per heavy atom. The second-order valence-corrected chi connectivity index (χ2v) is 6.40. The number of thiazole rings is 1. The molecule has 0 saturated heterocycles. The summed E-state index contributed by atoms with van der Waals surface area (Å²) in [6.07, 6.45) is 4.92. The Hall–Kier alpha value is -2.44. The van der Waals surface area contributed by atoms with Crippen molar-refractivity contribution in [2.24, 2.45) is 0 Å². The maximum absolute atomic E-state index is 12.0. The molecule has 0 aliphatic rings. The maximum Gasteiger partial charge on any atom is 0.257 e. The molecule has 0 aliphatic heterocycles.